The number of hydrogen-bond acceptors (Lipinski definition) is 5. The number of alkyl halides is 3. The summed E-state index contributed by atoms with van der Waals surface area (Å²) in [6.45, 7) is 0.0446. The zero-order valence-electron chi connectivity index (χ0n) is 18.1. The number of carbonyl (C=O) groups is 2. The Morgan fingerprint density at radius 1 is 1.20 bits per heavy atom. The number of carbonyl (C=O) groups excluding carboxylic acids is 2. The number of aryl methyl sites for hydroxylation is 1. The molecule has 2 aromatic heterocycles. The van der Waals surface area contributed by atoms with Gasteiger partial charge in [-0.25, -0.2) is 9.67 Å². The molecule has 1 aromatic carbocycles. The summed E-state index contributed by atoms with van der Waals surface area (Å²) in [5.41, 5.74) is 0.619. The van der Waals surface area contributed by atoms with Crippen LogP contribution in [0.4, 0.5) is 18.9 Å². The van der Waals surface area contributed by atoms with E-state index in [1.165, 1.54) is 24.4 Å². The minimum Gasteiger partial charge on any atom is -0.467 e. The lowest BCUT2D eigenvalue weighted by atomic mass is 10.1. The van der Waals surface area contributed by atoms with Crippen LogP contribution >= 0.6 is 23.2 Å². The van der Waals surface area contributed by atoms with Crippen LogP contribution in [0, 0.1) is 6.92 Å². The maximum absolute atomic E-state index is 13.3. The van der Waals surface area contributed by atoms with Crippen LogP contribution in [0.1, 0.15) is 39.3 Å². The van der Waals surface area contributed by atoms with Gasteiger partial charge in [-0.2, -0.15) is 13.2 Å². The number of nitrogens with zero attached hydrogens (tertiary/aromatic N) is 3. The minimum atomic E-state index is -4.61. The van der Waals surface area contributed by atoms with Crippen molar-refractivity contribution in [1.29, 1.82) is 0 Å². The Balaban J connectivity index is 1.70. The van der Waals surface area contributed by atoms with Gasteiger partial charge in [0.25, 0.3) is 11.8 Å². The van der Waals surface area contributed by atoms with Gasteiger partial charge >= 0.3 is 6.18 Å². The number of rotatable bonds is 7. The van der Waals surface area contributed by atoms with E-state index < -0.39 is 30.5 Å². The molecule has 0 atom stereocenters. The van der Waals surface area contributed by atoms with Crippen molar-refractivity contribution in [1.82, 2.24) is 20.1 Å². The van der Waals surface area contributed by atoms with Crippen LogP contribution in [0.3, 0.4) is 0 Å². The van der Waals surface area contributed by atoms with Gasteiger partial charge in [0.15, 0.2) is 12.4 Å². The molecule has 8 nitrogen and oxygen atoms in total. The van der Waals surface area contributed by atoms with Crippen LogP contribution in [0.5, 0.6) is 5.88 Å². The molecule has 0 aliphatic heterocycles. The van der Waals surface area contributed by atoms with E-state index in [2.05, 4.69) is 20.7 Å². The number of ether oxygens (including phenoxy) is 1. The van der Waals surface area contributed by atoms with Crippen molar-refractivity contribution < 1.29 is 27.5 Å². The largest absolute Gasteiger partial charge is 0.467 e. The van der Waals surface area contributed by atoms with E-state index in [-0.39, 0.29) is 33.8 Å². The van der Waals surface area contributed by atoms with Crippen molar-refractivity contribution in [2.24, 2.45) is 0 Å². The zero-order valence-corrected chi connectivity index (χ0v) is 19.6. The van der Waals surface area contributed by atoms with Crippen LogP contribution in [0.15, 0.2) is 36.5 Å². The number of amides is 2. The van der Waals surface area contributed by atoms with E-state index in [1.807, 2.05) is 0 Å². The molecule has 0 saturated heterocycles. The van der Waals surface area contributed by atoms with E-state index in [4.69, 9.17) is 27.9 Å². The molecule has 13 heteroatoms. The van der Waals surface area contributed by atoms with Crippen LogP contribution in [-0.4, -0.2) is 45.4 Å². The predicted octanol–water partition coefficient (Wildman–Crippen LogP) is 4.97. The van der Waals surface area contributed by atoms with Gasteiger partial charge in [0.1, 0.15) is 5.69 Å². The standard InChI is InChI=1S/C22H18Cl2F3N5O3/c1-11-7-12(23)8-14(20(33)29-13-4-5-13)18(11)30-21(34)16-9-17(35-10-22(25,26)27)31-32(16)19-15(24)3-2-6-28-19/h2-3,6-9,13H,4-5,10H2,1H3,(H,29,33)(H,30,34). The molecule has 184 valence electrons. The Morgan fingerprint density at radius 3 is 2.60 bits per heavy atom. The molecule has 0 radical (unpaired) electrons. The van der Waals surface area contributed by atoms with Crippen LogP contribution < -0.4 is 15.4 Å². The molecule has 0 unspecified atom stereocenters. The van der Waals surface area contributed by atoms with Crippen molar-refractivity contribution in [2.45, 2.75) is 32.0 Å². The number of hydrogen-bond donors (Lipinski definition) is 2. The van der Waals surface area contributed by atoms with E-state index in [9.17, 15) is 22.8 Å². The first-order chi connectivity index (χ1) is 16.5. The van der Waals surface area contributed by atoms with Crippen LogP contribution in [-0.2, 0) is 0 Å². The summed E-state index contributed by atoms with van der Waals surface area (Å²) in [6, 6.07) is 7.10. The monoisotopic (exact) mass is 527 g/mol. The summed E-state index contributed by atoms with van der Waals surface area (Å²) in [5, 5.41) is 9.81. The van der Waals surface area contributed by atoms with Gasteiger partial charge in [-0.1, -0.05) is 23.2 Å². The fourth-order valence-corrected chi connectivity index (χ4v) is 3.67. The number of benzene rings is 1. The highest BCUT2D eigenvalue weighted by Gasteiger charge is 2.30. The minimum absolute atomic E-state index is 0.000651. The lowest BCUT2D eigenvalue weighted by Gasteiger charge is -2.15. The third-order valence-corrected chi connectivity index (χ3v) is 5.45. The SMILES string of the molecule is Cc1cc(Cl)cc(C(=O)NC2CC2)c1NC(=O)c1cc(OCC(F)(F)F)nn1-c1ncccc1Cl. The zero-order chi connectivity index (χ0) is 25.3. The van der Waals surface area contributed by atoms with Crippen molar-refractivity contribution in [3.63, 3.8) is 0 Å². The van der Waals surface area contributed by atoms with Gasteiger partial charge in [-0.15, -0.1) is 5.10 Å². The van der Waals surface area contributed by atoms with Gasteiger partial charge in [0, 0.05) is 23.3 Å². The first-order valence-corrected chi connectivity index (χ1v) is 11.1. The summed E-state index contributed by atoms with van der Waals surface area (Å²) in [7, 11) is 0. The van der Waals surface area contributed by atoms with Crippen molar-refractivity contribution in [3.8, 4) is 11.7 Å². The smallest absolute Gasteiger partial charge is 0.422 e. The van der Waals surface area contributed by atoms with Crippen molar-refractivity contribution in [3.05, 3.63) is 63.4 Å². The van der Waals surface area contributed by atoms with E-state index in [1.54, 1.807) is 13.0 Å². The summed E-state index contributed by atoms with van der Waals surface area (Å²) < 4.78 is 43.6. The summed E-state index contributed by atoms with van der Waals surface area (Å²) in [4.78, 5) is 30.1. The van der Waals surface area contributed by atoms with E-state index >= 15 is 0 Å². The van der Waals surface area contributed by atoms with Crippen molar-refractivity contribution in [2.75, 3.05) is 11.9 Å². The van der Waals surface area contributed by atoms with Gasteiger partial charge in [0.2, 0.25) is 5.88 Å². The van der Waals surface area contributed by atoms with Crippen LogP contribution in [0.25, 0.3) is 5.82 Å². The van der Waals surface area contributed by atoms with Crippen molar-refractivity contribution >= 4 is 40.7 Å². The van der Waals surface area contributed by atoms with Gasteiger partial charge in [-0.3, -0.25) is 9.59 Å². The first kappa shape index (κ1) is 24.8. The molecule has 3 aromatic rings. The number of aromatic nitrogens is 3. The lowest BCUT2D eigenvalue weighted by molar-refractivity contribution is -0.154. The molecule has 0 spiro atoms. The Labute approximate surface area is 207 Å². The maximum Gasteiger partial charge on any atom is 0.422 e. The molecule has 1 aliphatic rings. The molecular formula is C22H18Cl2F3N5O3. The highest BCUT2D eigenvalue weighted by molar-refractivity contribution is 6.32. The molecule has 35 heavy (non-hydrogen) atoms. The normalized spacial score (nSPS) is 13.4. The Kier molecular flexibility index (Phi) is 6.91. The summed E-state index contributed by atoms with van der Waals surface area (Å²) in [5.74, 6) is -1.66. The highest BCUT2D eigenvalue weighted by Crippen LogP contribution is 2.29. The fourth-order valence-electron chi connectivity index (χ4n) is 3.20. The topological polar surface area (TPSA) is 98.1 Å². The second-order valence-electron chi connectivity index (χ2n) is 7.84. The van der Waals surface area contributed by atoms with Gasteiger partial charge < -0.3 is 15.4 Å². The fraction of sp³-hybridized carbons (Fsp3) is 0.273. The van der Waals surface area contributed by atoms with Gasteiger partial charge in [-0.05, 0) is 49.6 Å². The van der Waals surface area contributed by atoms with E-state index in [0.29, 0.717) is 10.6 Å². The maximum atomic E-state index is 13.3. The molecule has 4 rings (SSSR count). The molecule has 1 aliphatic carbocycles. The third-order valence-electron chi connectivity index (χ3n) is 4.94. The second-order valence-corrected chi connectivity index (χ2v) is 8.68. The number of nitrogens with one attached hydrogen (secondary N) is 2. The third kappa shape index (κ3) is 6.04. The molecule has 0 bridgehead atoms. The predicted molar refractivity (Wildman–Crippen MR) is 123 cm³/mol. The molecule has 1 saturated carbocycles. The highest BCUT2D eigenvalue weighted by atomic mass is 35.5. The Bertz CT molecular complexity index is 1290. The Hall–Kier alpha value is -3.31. The van der Waals surface area contributed by atoms with E-state index in [0.717, 1.165) is 23.6 Å². The van der Waals surface area contributed by atoms with Crippen LogP contribution in [0.2, 0.25) is 10.0 Å². The molecule has 2 N–H and O–H groups in total. The Morgan fingerprint density at radius 2 is 1.94 bits per heavy atom. The number of pyridine rings is 1. The number of halogens is 5. The summed E-state index contributed by atoms with van der Waals surface area (Å²) >= 11 is 12.3. The van der Waals surface area contributed by atoms with Gasteiger partial charge in [0.05, 0.1) is 16.3 Å². The first-order valence-electron chi connectivity index (χ1n) is 10.3. The lowest BCUT2D eigenvalue weighted by Crippen LogP contribution is -2.27. The summed E-state index contributed by atoms with van der Waals surface area (Å²) in [6.07, 6.45) is -1.51. The quantitative estimate of drug-likeness (QED) is 0.452. The molecular weight excluding hydrogens is 510 g/mol. The second kappa shape index (κ2) is 9.74. The average Bonchev–Trinajstić information content (AvgIpc) is 3.49. The molecule has 1 fully saturated rings. The number of anilines is 1. The molecule has 2 amide bonds. The average molecular weight is 528 g/mol. The molecule has 2 heterocycles.